The van der Waals surface area contributed by atoms with Crippen LogP contribution in [0.1, 0.15) is 53.3 Å². The van der Waals surface area contributed by atoms with Gasteiger partial charge in [-0.1, -0.05) is 42.5 Å². The Morgan fingerprint density at radius 2 is 1.89 bits per heavy atom. The van der Waals surface area contributed by atoms with Crippen molar-refractivity contribution in [2.75, 3.05) is 19.9 Å². The third-order valence-electron chi connectivity index (χ3n) is 6.87. The number of fused-ring (bicyclic) bond motifs is 2. The predicted octanol–water partition coefficient (Wildman–Crippen LogP) is 4.02. The number of halogens is 2. The minimum atomic E-state index is -0.996. The highest BCUT2D eigenvalue weighted by Gasteiger charge is 2.48. The molecule has 9 nitrogen and oxygen atoms in total. The molecule has 1 unspecified atom stereocenters. The maximum absolute atomic E-state index is 15.3. The van der Waals surface area contributed by atoms with E-state index in [-0.39, 0.29) is 23.6 Å². The maximum Gasteiger partial charge on any atom is 0.511 e. The maximum atomic E-state index is 15.3. The Bertz CT molecular complexity index is 1410. The molecule has 0 spiro atoms. The molecule has 2 aliphatic heterocycles. The highest BCUT2D eigenvalue weighted by atomic mass is 19.2. The van der Waals surface area contributed by atoms with E-state index in [4.69, 9.17) is 9.47 Å². The van der Waals surface area contributed by atoms with Crippen LogP contribution in [0.5, 0.6) is 5.75 Å². The number of aromatic nitrogens is 2. The number of hydrogen-bond donors (Lipinski definition) is 0. The first kappa shape index (κ1) is 25.4. The van der Waals surface area contributed by atoms with Crippen molar-refractivity contribution >= 4 is 12.1 Å². The van der Waals surface area contributed by atoms with Crippen LogP contribution >= 0.6 is 0 Å². The Balaban J connectivity index is 1.67. The summed E-state index contributed by atoms with van der Waals surface area (Å²) in [6.45, 7) is 1.42. The van der Waals surface area contributed by atoms with Crippen LogP contribution in [-0.4, -0.2) is 52.7 Å². The molecule has 0 saturated carbocycles. The van der Waals surface area contributed by atoms with Crippen molar-refractivity contribution in [3.8, 4) is 5.75 Å². The van der Waals surface area contributed by atoms with Gasteiger partial charge < -0.3 is 19.1 Å². The Hall–Kier alpha value is -4.28. The summed E-state index contributed by atoms with van der Waals surface area (Å²) < 4.78 is 46.1. The average Bonchev–Trinajstić information content (AvgIpc) is 3.40. The number of amides is 1. The zero-order valence-corrected chi connectivity index (χ0v) is 20.5. The molecule has 11 heteroatoms. The first-order valence-electron chi connectivity index (χ1n) is 12.3. The number of carbonyl (C=O) groups is 2. The van der Waals surface area contributed by atoms with Crippen molar-refractivity contribution < 1.29 is 32.6 Å². The number of benzene rings is 2. The largest absolute Gasteiger partial charge is 0.511 e. The molecule has 2 aromatic carbocycles. The SMILES string of the molecule is CCOC(=O)OCOc1c2n(ncc1=O)[C@@H](C(c1ccccc1)c1cccc(F)c1F)[C@H]1CCCN1C2=O. The average molecular weight is 526 g/mol. The summed E-state index contributed by atoms with van der Waals surface area (Å²) in [5.41, 5.74) is -0.0581. The Morgan fingerprint density at radius 1 is 1.11 bits per heavy atom. The first-order chi connectivity index (χ1) is 18.4. The molecule has 1 saturated heterocycles. The van der Waals surface area contributed by atoms with Crippen molar-refractivity contribution in [2.45, 2.75) is 37.8 Å². The second kappa shape index (κ2) is 10.6. The van der Waals surface area contributed by atoms with Crippen LogP contribution in [-0.2, 0) is 9.47 Å². The number of carbonyl (C=O) groups excluding carboxylic acids is 2. The summed E-state index contributed by atoms with van der Waals surface area (Å²) in [5.74, 6) is -3.58. The lowest BCUT2D eigenvalue weighted by molar-refractivity contribution is 0.00497. The summed E-state index contributed by atoms with van der Waals surface area (Å²) in [6.07, 6.45) is 1.29. The normalized spacial score (nSPS) is 18.9. The van der Waals surface area contributed by atoms with Crippen LogP contribution in [0, 0.1) is 11.6 Å². The smallest absolute Gasteiger partial charge is 0.451 e. The second-order valence-electron chi connectivity index (χ2n) is 8.95. The summed E-state index contributed by atoms with van der Waals surface area (Å²) in [6, 6.07) is 11.9. The first-order valence-corrected chi connectivity index (χ1v) is 12.3. The van der Waals surface area contributed by atoms with Crippen molar-refractivity contribution in [1.82, 2.24) is 14.7 Å². The van der Waals surface area contributed by atoms with E-state index in [2.05, 4.69) is 9.84 Å². The molecule has 3 heterocycles. The molecule has 3 atom stereocenters. The van der Waals surface area contributed by atoms with Crippen LogP contribution in [0.2, 0.25) is 0 Å². The van der Waals surface area contributed by atoms with Crippen molar-refractivity contribution in [2.24, 2.45) is 0 Å². The molecule has 2 aliphatic rings. The third kappa shape index (κ3) is 4.48. The molecule has 0 bridgehead atoms. The molecule has 0 radical (unpaired) electrons. The van der Waals surface area contributed by atoms with E-state index in [1.54, 1.807) is 36.1 Å². The van der Waals surface area contributed by atoms with E-state index in [0.29, 0.717) is 24.9 Å². The summed E-state index contributed by atoms with van der Waals surface area (Å²) >= 11 is 0. The molecule has 5 rings (SSSR count). The fourth-order valence-electron chi connectivity index (χ4n) is 5.35. The minimum Gasteiger partial charge on any atom is -0.451 e. The van der Waals surface area contributed by atoms with E-state index in [0.717, 1.165) is 12.3 Å². The molecule has 0 N–H and O–H groups in total. The molecule has 1 aromatic heterocycles. The lowest BCUT2D eigenvalue weighted by Gasteiger charge is -2.42. The fraction of sp³-hybridized carbons (Fsp3) is 0.333. The molecule has 3 aromatic rings. The van der Waals surface area contributed by atoms with Gasteiger partial charge in [0.25, 0.3) is 5.91 Å². The van der Waals surface area contributed by atoms with Crippen molar-refractivity contribution in [1.29, 1.82) is 0 Å². The summed E-state index contributed by atoms with van der Waals surface area (Å²) in [4.78, 5) is 39.6. The topological polar surface area (TPSA) is 100.0 Å². The van der Waals surface area contributed by atoms with E-state index < -0.39 is 53.9 Å². The molecule has 38 heavy (non-hydrogen) atoms. The van der Waals surface area contributed by atoms with Crippen LogP contribution in [0.3, 0.4) is 0 Å². The van der Waals surface area contributed by atoms with E-state index in [1.165, 1.54) is 16.8 Å². The summed E-state index contributed by atoms with van der Waals surface area (Å²) in [5, 5.41) is 4.30. The molecule has 198 valence electrons. The number of ether oxygens (including phenoxy) is 3. The monoisotopic (exact) mass is 525 g/mol. The minimum absolute atomic E-state index is 0.0835. The molecule has 1 fully saturated rings. The number of hydrogen-bond acceptors (Lipinski definition) is 7. The standard InChI is InChI=1S/C27H25F2N3O6/c1-2-36-27(35)38-15-37-25-20(33)14-30-32-23(19-12-7-13-31(19)26(34)24(25)32)21(16-8-4-3-5-9-16)17-10-6-11-18(28)22(17)29/h3-6,8-11,14,19,21,23H,2,7,12-13,15H2,1H3/t19-,21?,23-/m1/s1. The van der Waals surface area contributed by atoms with Crippen molar-refractivity contribution in [3.05, 3.63) is 93.4 Å². The van der Waals surface area contributed by atoms with Gasteiger partial charge in [0.2, 0.25) is 18.0 Å². The zero-order valence-electron chi connectivity index (χ0n) is 20.5. The van der Waals surface area contributed by atoms with Gasteiger partial charge in [0, 0.05) is 18.0 Å². The summed E-state index contributed by atoms with van der Waals surface area (Å²) in [7, 11) is 0. The quantitative estimate of drug-likeness (QED) is 0.339. The number of rotatable bonds is 7. The van der Waals surface area contributed by atoms with Gasteiger partial charge in [-0.3, -0.25) is 14.3 Å². The van der Waals surface area contributed by atoms with E-state index in [1.807, 2.05) is 6.07 Å². The highest BCUT2D eigenvalue weighted by Crippen LogP contribution is 2.46. The van der Waals surface area contributed by atoms with E-state index >= 15 is 4.39 Å². The molecular weight excluding hydrogens is 500 g/mol. The molecular formula is C27H25F2N3O6. The van der Waals surface area contributed by atoms with Crippen LogP contribution in [0.15, 0.2) is 59.5 Å². The highest BCUT2D eigenvalue weighted by molar-refractivity contribution is 5.96. The molecule has 0 aliphatic carbocycles. The van der Waals surface area contributed by atoms with Gasteiger partial charge in [0.1, 0.15) is 0 Å². The van der Waals surface area contributed by atoms with Gasteiger partial charge in [-0.2, -0.15) is 5.10 Å². The van der Waals surface area contributed by atoms with Gasteiger partial charge in [-0.15, -0.1) is 0 Å². The van der Waals surface area contributed by atoms with Crippen molar-refractivity contribution in [3.63, 3.8) is 0 Å². The zero-order chi connectivity index (χ0) is 26.8. The number of nitrogens with zero attached hydrogens (tertiary/aromatic N) is 3. The van der Waals surface area contributed by atoms with Crippen LogP contribution in [0.25, 0.3) is 0 Å². The van der Waals surface area contributed by atoms with E-state index in [9.17, 15) is 18.8 Å². The third-order valence-corrected chi connectivity index (χ3v) is 6.87. The Labute approximate surface area is 216 Å². The Morgan fingerprint density at radius 3 is 2.66 bits per heavy atom. The van der Waals surface area contributed by atoms with Crippen LogP contribution < -0.4 is 10.2 Å². The van der Waals surface area contributed by atoms with Gasteiger partial charge in [0.05, 0.1) is 24.9 Å². The predicted molar refractivity (Wildman–Crippen MR) is 130 cm³/mol. The van der Waals surface area contributed by atoms with Gasteiger partial charge in [-0.05, 0) is 31.4 Å². The van der Waals surface area contributed by atoms with Gasteiger partial charge in [0.15, 0.2) is 17.3 Å². The van der Waals surface area contributed by atoms with Crippen LogP contribution in [0.4, 0.5) is 13.6 Å². The van der Waals surface area contributed by atoms with Gasteiger partial charge >= 0.3 is 6.16 Å². The molecule has 1 amide bonds. The lowest BCUT2D eigenvalue weighted by atomic mass is 9.79. The Kier molecular flexibility index (Phi) is 7.08. The lowest BCUT2D eigenvalue weighted by Crippen LogP contribution is -2.51. The fourth-order valence-corrected chi connectivity index (χ4v) is 5.35. The second-order valence-corrected chi connectivity index (χ2v) is 8.95. The van der Waals surface area contributed by atoms with Gasteiger partial charge in [-0.25, -0.2) is 13.6 Å².